The lowest BCUT2D eigenvalue weighted by atomic mass is 10.2. The molecular weight excluding hydrogens is 181 g/mol. The third kappa shape index (κ3) is 2.22. The Morgan fingerprint density at radius 3 is 2.50 bits per heavy atom. The van der Waals surface area contributed by atoms with Crippen molar-refractivity contribution in [2.45, 2.75) is 19.9 Å². The molecule has 0 saturated heterocycles. The van der Waals surface area contributed by atoms with Crippen LogP contribution in [0.2, 0.25) is 0 Å². The lowest BCUT2D eigenvalue weighted by Gasteiger charge is -2.00. The molecule has 0 aromatic carbocycles. The molecule has 2 nitrogen and oxygen atoms in total. The summed E-state index contributed by atoms with van der Waals surface area (Å²) < 4.78 is 17.2. The highest BCUT2D eigenvalue weighted by Crippen LogP contribution is 2.18. The monoisotopic (exact) mass is 193 g/mol. The van der Waals surface area contributed by atoms with E-state index >= 15 is 0 Å². The van der Waals surface area contributed by atoms with Gasteiger partial charge in [0, 0.05) is 0 Å². The summed E-state index contributed by atoms with van der Waals surface area (Å²) in [6.45, 7) is 3.17. The third-order valence-electron chi connectivity index (χ3n) is 1.72. The molecule has 0 aliphatic rings. The molecule has 0 aliphatic heterocycles. The van der Waals surface area contributed by atoms with Crippen LogP contribution in [0.5, 0.6) is 0 Å². The molecule has 4 heteroatoms. The van der Waals surface area contributed by atoms with E-state index in [0.29, 0.717) is 5.76 Å². The van der Waals surface area contributed by atoms with Crippen molar-refractivity contribution in [3.63, 3.8) is 0 Å². The average molecular weight is 194 g/mol. The standard InChI is InChI=1S/C8H12FNO.ClH/c1-5-3-8(7(10)4-9)11-6(5)2;/h3,7H,4,10H2,1-2H3;1H/t7-;/m0./s1. The molecule has 12 heavy (non-hydrogen) atoms. The van der Waals surface area contributed by atoms with E-state index < -0.39 is 12.7 Å². The van der Waals surface area contributed by atoms with Crippen molar-refractivity contribution in [1.29, 1.82) is 0 Å². The van der Waals surface area contributed by atoms with Gasteiger partial charge in [-0.05, 0) is 25.5 Å². The Morgan fingerprint density at radius 1 is 1.58 bits per heavy atom. The first-order valence-electron chi connectivity index (χ1n) is 3.53. The minimum absolute atomic E-state index is 0. The third-order valence-corrected chi connectivity index (χ3v) is 1.72. The number of aryl methyl sites for hydroxylation is 2. The van der Waals surface area contributed by atoms with Crippen LogP contribution in [0.3, 0.4) is 0 Å². The highest BCUT2D eigenvalue weighted by molar-refractivity contribution is 5.85. The van der Waals surface area contributed by atoms with Crippen LogP contribution in [0.4, 0.5) is 4.39 Å². The first kappa shape index (κ1) is 11.5. The number of alkyl halides is 1. The molecule has 0 bridgehead atoms. The Hall–Kier alpha value is -0.540. The summed E-state index contributed by atoms with van der Waals surface area (Å²) in [5, 5.41) is 0. The topological polar surface area (TPSA) is 39.2 Å². The molecule has 1 aromatic heterocycles. The number of nitrogens with two attached hydrogens (primary N) is 1. The van der Waals surface area contributed by atoms with Gasteiger partial charge in [-0.2, -0.15) is 0 Å². The molecule has 0 amide bonds. The van der Waals surface area contributed by atoms with Gasteiger partial charge in [0.2, 0.25) is 0 Å². The fraction of sp³-hybridized carbons (Fsp3) is 0.500. The zero-order valence-corrected chi connectivity index (χ0v) is 7.95. The zero-order valence-electron chi connectivity index (χ0n) is 7.13. The molecule has 0 fully saturated rings. The maximum atomic E-state index is 12.0. The normalized spacial score (nSPS) is 12.3. The molecule has 1 aromatic rings. The second kappa shape index (κ2) is 4.48. The highest BCUT2D eigenvalue weighted by Gasteiger charge is 2.10. The van der Waals surface area contributed by atoms with Gasteiger partial charge in [0.1, 0.15) is 18.2 Å². The van der Waals surface area contributed by atoms with Crippen LogP contribution in [-0.4, -0.2) is 6.67 Å². The van der Waals surface area contributed by atoms with Crippen molar-refractivity contribution in [1.82, 2.24) is 0 Å². The van der Waals surface area contributed by atoms with Gasteiger partial charge in [0.05, 0.1) is 6.04 Å². The molecule has 2 N–H and O–H groups in total. The zero-order chi connectivity index (χ0) is 8.43. The maximum Gasteiger partial charge on any atom is 0.123 e. The van der Waals surface area contributed by atoms with Crippen molar-refractivity contribution in [3.8, 4) is 0 Å². The van der Waals surface area contributed by atoms with Crippen LogP contribution in [0.1, 0.15) is 23.1 Å². The van der Waals surface area contributed by atoms with Gasteiger partial charge < -0.3 is 10.2 Å². The molecule has 0 radical (unpaired) electrons. The highest BCUT2D eigenvalue weighted by atomic mass is 35.5. The molecule has 0 saturated carbocycles. The quantitative estimate of drug-likeness (QED) is 0.783. The lowest BCUT2D eigenvalue weighted by Crippen LogP contribution is -2.10. The number of rotatable bonds is 2. The van der Waals surface area contributed by atoms with Crippen LogP contribution in [0, 0.1) is 13.8 Å². The predicted octanol–water partition coefficient (Wildman–Crippen LogP) is 2.29. The number of furan rings is 1. The van der Waals surface area contributed by atoms with E-state index in [1.165, 1.54) is 0 Å². The number of hydrogen-bond donors (Lipinski definition) is 1. The van der Waals surface area contributed by atoms with Crippen molar-refractivity contribution in [3.05, 3.63) is 23.2 Å². The van der Waals surface area contributed by atoms with Crippen molar-refractivity contribution < 1.29 is 8.81 Å². The number of hydrogen-bond acceptors (Lipinski definition) is 2. The van der Waals surface area contributed by atoms with Crippen LogP contribution < -0.4 is 5.73 Å². The van der Waals surface area contributed by atoms with Crippen LogP contribution in [0.25, 0.3) is 0 Å². The van der Waals surface area contributed by atoms with Crippen LogP contribution in [-0.2, 0) is 0 Å². The second-order valence-electron chi connectivity index (χ2n) is 2.65. The van der Waals surface area contributed by atoms with E-state index in [9.17, 15) is 4.39 Å². The summed E-state index contributed by atoms with van der Waals surface area (Å²) in [4.78, 5) is 0. The molecular formula is C8H13ClFNO. The van der Waals surface area contributed by atoms with E-state index in [0.717, 1.165) is 11.3 Å². The van der Waals surface area contributed by atoms with Gasteiger partial charge in [-0.25, -0.2) is 4.39 Å². The van der Waals surface area contributed by atoms with E-state index in [1.807, 2.05) is 13.8 Å². The van der Waals surface area contributed by atoms with Gasteiger partial charge in [-0.1, -0.05) is 0 Å². The Balaban J connectivity index is 0.00000121. The van der Waals surface area contributed by atoms with E-state index in [1.54, 1.807) is 6.07 Å². The van der Waals surface area contributed by atoms with Crippen LogP contribution >= 0.6 is 12.4 Å². The maximum absolute atomic E-state index is 12.0. The van der Waals surface area contributed by atoms with Gasteiger partial charge in [-0.3, -0.25) is 0 Å². The molecule has 0 spiro atoms. The molecule has 1 rings (SSSR count). The molecule has 70 valence electrons. The van der Waals surface area contributed by atoms with Crippen LogP contribution in [0.15, 0.2) is 10.5 Å². The summed E-state index contributed by atoms with van der Waals surface area (Å²) in [5.41, 5.74) is 6.43. The first-order chi connectivity index (χ1) is 5.15. The summed E-state index contributed by atoms with van der Waals surface area (Å²) in [7, 11) is 0. The summed E-state index contributed by atoms with van der Waals surface area (Å²) in [6, 6.07) is 1.17. The van der Waals surface area contributed by atoms with E-state index in [4.69, 9.17) is 10.2 Å². The Bertz CT molecular complexity index is 230. The van der Waals surface area contributed by atoms with Crippen molar-refractivity contribution in [2.75, 3.05) is 6.67 Å². The molecule has 0 unspecified atom stereocenters. The minimum Gasteiger partial charge on any atom is -0.464 e. The van der Waals surface area contributed by atoms with Gasteiger partial charge in [-0.15, -0.1) is 12.4 Å². The molecule has 0 aliphatic carbocycles. The van der Waals surface area contributed by atoms with Crippen molar-refractivity contribution in [2.24, 2.45) is 5.73 Å². The van der Waals surface area contributed by atoms with Gasteiger partial charge in [0.25, 0.3) is 0 Å². The van der Waals surface area contributed by atoms with E-state index in [-0.39, 0.29) is 12.4 Å². The van der Waals surface area contributed by atoms with E-state index in [2.05, 4.69) is 0 Å². The summed E-state index contributed by atoms with van der Waals surface area (Å²) in [5.74, 6) is 1.34. The number of halogens is 2. The Labute approximate surface area is 77.3 Å². The largest absolute Gasteiger partial charge is 0.464 e. The van der Waals surface area contributed by atoms with Crippen molar-refractivity contribution >= 4 is 12.4 Å². The summed E-state index contributed by atoms with van der Waals surface area (Å²) in [6.07, 6.45) is 0. The first-order valence-corrected chi connectivity index (χ1v) is 3.53. The average Bonchev–Trinajstić information content (AvgIpc) is 2.31. The minimum atomic E-state index is -0.609. The second-order valence-corrected chi connectivity index (χ2v) is 2.65. The van der Waals surface area contributed by atoms with Gasteiger partial charge in [0.15, 0.2) is 0 Å². The predicted molar refractivity (Wildman–Crippen MR) is 48.3 cm³/mol. The molecule has 1 heterocycles. The fourth-order valence-electron chi connectivity index (χ4n) is 0.861. The van der Waals surface area contributed by atoms with Gasteiger partial charge >= 0.3 is 0 Å². The Morgan fingerprint density at radius 2 is 2.17 bits per heavy atom. The molecule has 1 atom stereocenters. The smallest absolute Gasteiger partial charge is 0.123 e. The Kier molecular flexibility index (Phi) is 4.28. The lowest BCUT2D eigenvalue weighted by molar-refractivity contribution is 0.374. The fourth-order valence-corrected chi connectivity index (χ4v) is 0.861. The SMILES string of the molecule is Cc1cc([C@@H](N)CF)oc1C.Cl. The summed E-state index contributed by atoms with van der Waals surface area (Å²) >= 11 is 0.